The van der Waals surface area contributed by atoms with Crippen molar-refractivity contribution in [2.45, 2.75) is 18.5 Å². The molecule has 0 bridgehead atoms. The van der Waals surface area contributed by atoms with Gasteiger partial charge in [0.05, 0.1) is 6.54 Å². The van der Waals surface area contributed by atoms with Crippen molar-refractivity contribution in [3.8, 4) is 0 Å². The van der Waals surface area contributed by atoms with Crippen LogP contribution in [-0.4, -0.2) is 41.5 Å². The van der Waals surface area contributed by atoms with Gasteiger partial charge in [0.1, 0.15) is 5.66 Å². The third-order valence-electron chi connectivity index (χ3n) is 2.64. The van der Waals surface area contributed by atoms with Gasteiger partial charge < -0.3 is 5.32 Å². The summed E-state index contributed by atoms with van der Waals surface area (Å²) in [4.78, 5) is 11.0. The lowest BCUT2D eigenvalue weighted by atomic mass is 9.99. The number of amides is 1. The van der Waals surface area contributed by atoms with Crippen molar-refractivity contribution >= 4 is 5.91 Å². The number of carbonyl (C=O) groups excluding carboxylic acids is 1. The molecule has 2 saturated heterocycles. The summed E-state index contributed by atoms with van der Waals surface area (Å²) in [6.07, 6.45) is 1.55. The van der Waals surface area contributed by atoms with Gasteiger partial charge in [0, 0.05) is 0 Å². The number of piperidine rings is 1. The van der Waals surface area contributed by atoms with E-state index in [-0.39, 0.29) is 12.5 Å². The van der Waals surface area contributed by atoms with Crippen LogP contribution >= 0.6 is 0 Å². The van der Waals surface area contributed by atoms with Crippen LogP contribution in [0.25, 0.3) is 0 Å². The lowest BCUT2D eigenvalue weighted by Crippen LogP contribution is -2.56. The van der Waals surface area contributed by atoms with Crippen molar-refractivity contribution in [2.24, 2.45) is 0 Å². The molecule has 0 radical (unpaired) electrons. The molecular formula is C7H13N3O2. The lowest BCUT2D eigenvalue weighted by Gasteiger charge is -2.37. The summed E-state index contributed by atoms with van der Waals surface area (Å²) < 4.78 is 0. The van der Waals surface area contributed by atoms with Gasteiger partial charge in [-0.05, 0) is 25.9 Å². The lowest BCUT2D eigenvalue weighted by molar-refractivity contribution is -0.186. The number of hydrogen-bond acceptors (Lipinski definition) is 4. The highest BCUT2D eigenvalue weighted by Crippen LogP contribution is 2.25. The molecule has 0 aromatic heterocycles. The van der Waals surface area contributed by atoms with Crippen LogP contribution in [0.5, 0.6) is 0 Å². The third-order valence-corrected chi connectivity index (χ3v) is 2.64. The van der Waals surface area contributed by atoms with Gasteiger partial charge >= 0.3 is 0 Å². The first-order chi connectivity index (χ1) is 5.75. The Hall–Kier alpha value is -0.650. The topological polar surface area (TPSA) is 64.6 Å². The third kappa shape index (κ3) is 1.01. The summed E-state index contributed by atoms with van der Waals surface area (Å²) in [5.41, 5.74) is -0.470. The second kappa shape index (κ2) is 2.69. The molecule has 1 amide bonds. The average Bonchev–Trinajstić information content (AvgIpc) is 2.37. The van der Waals surface area contributed by atoms with E-state index in [2.05, 4.69) is 10.6 Å². The van der Waals surface area contributed by atoms with Crippen molar-refractivity contribution in [1.82, 2.24) is 15.7 Å². The molecule has 0 saturated carbocycles. The van der Waals surface area contributed by atoms with Gasteiger partial charge in [-0.1, -0.05) is 0 Å². The van der Waals surface area contributed by atoms with Crippen LogP contribution in [0.4, 0.5) is 0 Å². The molecule has 68 valence electrons. The molecular weight excluding hydrogens is 158 g/mol. The van der Waals surface area contributed by atoms with Crippen molar-refractivity contribution < 1.29 is 10.0 Å². The molecule has 2 aliphatic heterocycles. The number of rotatable bonds is 0. The number of carbonyl (C=O) groups is 1. The van der Waals surface area contributed by atoms with Crippen molar-refractivity contribution in [3.63, 3.8) is 0 Å². The highest BCUT2D eigenvalue weighted by Gasteiger charge is 2.45. The summed E-state index contributed by atoms with van der Waals surface area (Å²) >= 11 is 0. The van der Waals surface area contributed by atoms with E-state index >= 15 is 0 Å². The molecule has 3 N–H and O–H groups in total. The Bertz CT molecular complexity index is 201. The second-order valence-corrected chi connectivity index (χ2v) is 3.34. The summed E-state index contributed by atoms with van der Waals surface area (Å²) in [5.74, 6) is -0.225. The molecule has 0 aromatic carbocycles. The Morgan fingerprint density at radius 3 is 2.58 bits per heavy atom. The summed E-state index contributed by atoms with van der Waals surface area (Å²) in [5, 5.41) is 16.6. The molecule has 2 heterocycles. The Kier molecular flexibility index (Phi) is 1.79. The Morgan fingerprint density at radius 1 is 1.42 bits per heavy atom. The van der Waals surface area contributed by atoms with E-state index in [1.54, 1.807) is 0 Å². The van der Waals surface area contributed by atoms with Crippen LogP contribution in [0.3, 0.4) is 0 Å². The van der Waals surface area contributed by atoms with Crippen LogP contribution < -0.4 is 10.6 Å². The summed E-state index contributed by atoms with van der Waals surface area (Å²) in [6.45, 7) is 1.95. The molecule has 0 atom stereocenters. The minimum atomic E-state index is -0.470. The molecule has 1 spiro atoms. The second-order valence-electron chi connectivity index (χ2n) is 3.34. The zero-order valence-electron chi connectivity index (χ0n) is 6.84. The first-order valence-electron chi connectivity index (χ1n) is 4.22. The fourth-order valence-electron chi connectivity index (χ4n) is 1.86. The molecule has 0 unspecified atom stereocenters. The molecule has 2 aliphatic rings. The highest BCUT2D eigenvalue weighted by atomic mass is 16.5. The smallest absolute Gasteiger partial charge is 0.261 e. The number of nitrogens with one attached hydrogen (secondary N) is 2. The average molecular weight is 171 g/mol. The van der Waals surface area contributed by atoms with Gasteiger partial charge in [-0.25, -0.2) is 5.06 Å². The molecule has 5 heteroatoms. The quantitative estimate of drug-likeness (QED) is 0.404. The van der Waals surface area contributed by atoms with Crippen molar-refractivity contribution in [3.05, 3.63) is 0 Å². The minimum Gasteiger partial charge on any atom is -0.316 e. The Balaban J connectivity index is 2.14. The first kappa shape index (κ1) is 7.97. The van der Waals surface area contributed by atoms with Crippen molar-refractivity contribution in [1.29, 1.82) is 0 Å². The maximum absolute atomic E-state index is 11.0. The predicted molar refractivity (Wildman–Crippen MR) is 41.5 cm³/mol. The van der Waals surface area contributed by atoms with Crippen LogP contribution in [0.15, 0.2) is 0 Å². The largest absolute Gasteiger partial charge is 0.316 e. The number of hydroxylamine groups is 2. The molecule has 5 nitrogen and oxygen atoms in total. The van der Waals surface area contributed by atoms with Crippen molar-refractivity contribution in [2.75, 3.05) is 19.6 Å². The molecule has 2 rings (SSSR count). The normalized spacial score (nSPS) is 28.4. The number of hydrogen-bond donors (Lipinski definition) is 3. The van der Waals surface area contributed by atoms with Gasteiger partial charge in [-0.2, -0.15) is 0 Å². The molecule has 12 heavy (non-hydrogen) atoms. The fourth-order valence-corrected chi connectivity index (χ4v) is 1.86. The highest BCUT2D eigenvalue weighted by molar-refractivity contribution is 5.80. The first-order valence-corrected chi connectivity index (χ1v) is 4.22. The standard InChI is InChI=1S/C7H13N3O2/c11-6-5-9-7(10(6)12)1-3-8-4-2-7/h8-9,12H,1-5H2. The fraction of sp³-hybridized carbons (Fsp3) is 0.857. The molecule has 0 aliphatic carbocycles. The maximum Gasteiger partial charge on any atom is 0.261 e. The van der Waals surface area contributed by atoms with E-state index in [9.17, 15) is 10.0 Å². The van der Waals surface area contributed by atoms with Gasteiger partial charge in [0.2, 0.25) is 0 Å². The van der Waals surface area contributed by atoms with Gasteiger partial charge in [0.15, 0.2) is 0 Å². The van der Waals surface area contributed by atoms with Crippen LogP contribution in [0.2, 0.25) is 0 Å². The predicted octanol–water partition coefficient (Wildman–Crippen LogP) is -1.11. The van der Waals surface area contributed by atoms with E-state index in [0.29, 0.717) is 0 Å². The zero-order valence-corrected chi connectivity index (χ0v) is 6.84. The van der Waals surface area contributed by atoms with Gasteiger partial charge in [-0.15, -0.1) is 0 Å². The SMILES string of the molecule is O=C1CNC2(CCNCC2)N1O. The zero-order chi connectivity index (χ0) is 8.60. The van der Waals surface area contributed by atoms with Gasteiger partial charge in [0.25, 0.3) is 5.91 Å². The summed E-state index contributed by atoms with van der Waals surface area (Å²) in [6, 6.07) is 0. The van der Waals surface area contributed by atoms with E-state index in [4.69, 9.17) is 0 Å². The monoisotopic (exact) mass is 171 g/mol. The van der Waals surface area contributed by atoms with Crippen LogP contribution in [-0.2, 0) is 4.79 Å². The van der Waals surface area contributed by atoms with E-state index in [0.717, 1.165) is 31.0 Å². The van der Waals surface area contributed by atoms with E-state index in [1.807, 2.05) is 0 Å². The Labute approximate surface area is 70.7 Å². The van der Waals surface area contributed by atoms with E-state index < -0.39 is 5.66 Å². The maximum atomic E-state index is 11.0. The van der Waals surface area contributed by atoms with Crippen LogP contribution in [0, 0.1) is 0 Å². The minimum absolute atomic E-state index is 0.225. The molecule has 0 aromatic rings. The molecule has 2 fully saturated rings. The van der Waals surface area contributed by atoms with Gasteiger partial charge in [-0.3, -0.25) is 15.3 Å². The van der Waals surface area contributed by atoms with Crippen LogP contribution in [0.1, 0.15) is 12.8 Å². The summed E-state index contributed by atoms with van der Waals surface area (Å²) in [7, 11) is 0. The Morgan fingerprint density at radius 2 is 2.08 bits per heavy atom. The van der Waals surface area contributed by atoms with E-state index in [1.165, 1.54) is 0 Å². The number of nitrogens with zero attached hydrogens (tertiary/aromatic N) is 1.